The third-order valence-corrected chi connectivity index (χ3v) is 4.29. The largest absolute Gasteiger partial charge is 0.354 e. The molecule has 0 unspecified atom stereocenters. The van der Waals surface area contributed by atoms with Crippen LogP contribution in [-0.2, 0) is 22.6 Å². The number of rotatable bonds is 7. The average Bonchev–Trinajstić information content (AvgIpc) is 2.58. The standard InChI is InChI=1S/C19H29N3O2.ClH/c1-4-9-20-18(23)17(10-13(2)3)22-19(24)16-11-14-7-5-6-8-15(14)12-21-16;/h5-8,13,16-17,21H,4,9-12H2,1-3H3,(H,20,23)(H,22,24);1H/t16-,17+;/m0./s1. The second kappa shape index (κ2) is 10.4. The lowest BCUT2D eigenvalue weighted by Crippen LogP contribution is -2.54. The van der Waals surface area contributed by atoms with Crippen molar-refractivity contribution < 1.29 is 9.59 Å². The lowest BCUT2D eigenvalue weighted by atomic mass is 9.95. The molecule has 0 aliphatic carbocycles. The van der Waals surface area contributed by atoms with Crippen LogP contribution in [0.25, 0.3) is 0 Å². The van der Waals surface area contributed by atoms with Gasteiger partial charge in [0.05, 0.1) is 6.04 Å². The van der Waals surface area contributed by atoms with Crippen molar-refractivity contribution in [1.82, 2.24) is 16.0 Å². The minimum atomic E-state index is -0.469. The van der Waals surface area contributed by atoms with E-state index in [-0.39, 0.29) is 30.3 Å². The summed E-state index contributed by atoms with van der Waals surface area (Å²) in [6.07, 6.45) is 2.19. The number of benzene rings is 1. The van der Waals surface area contributed by atoms with Crippen molar-refractivity contribution in [3.63, 3.8) is 0 Å². The van der Waals surface area contributed by atoms with Gasteiger partial charge in [-0.25, -0.2) is 0 Å². The second-order valence-electron chi connectivity index (χ2n) is 6.89. The van der Waals surface area contributed by atoms with Gasteiger partial charge in [-0.3, -0.25) is 9.59 Å². The maximum Gasteiger partial charge on any atom is 0.242 e. The van der Waals surface area contributed by atoms with Crippen LogP contribution in [0.4, 0.5) is 0 Å². The number of hydrogen-bond acceptors (Lipinski definition) is 3. The smallest absolute Gasteiger partial charge is 0.242 e. The van der Waals surface area contributed by atoms with Gasteiger partial charge < -0.3 is 16.0 Å². The molecule has 1 aliphatic rings. The fourth-order valence-electron chi connectivity index (χ4n) is 2.99. The lowest BCUT2D eigenvalue weighted by Gasteiger charge is -2.28. The van der Waals surface area contributed by atoms with E-state index in [9.17, 15) is 9.59 Å². The Bertz CT molecular complexity index is 578. The number of fused-ring (bicyclic) bond motifs is 1. The molecule has 2 amide bonds. The van der Waals surface area contributed by atoms with Crippen LogP contribution in [0.3, 0.4) is 0 Å². The Morgan fingerprint density at radius 2 is 1.92 bits per heavy atom. The molecule has 1 heterocycles. The number of carbonyl (C=O) groups excluding carboxylic acids is 2. The summed E-state index contributed by atoms with van der Waals surface area (Å²) < 4.78 is 0. The first-order chi connectivity index (χ1) is 11.5. The molecule has 2 atom stereocenters. The number of amides is 2. The van der Waals surface area contributed by atoms with Crippen molar-refractivity contribution in [2.75, 3.05) is 6.54 Å². The first-order valence-corrected chi connectivity index (χ1v) is 8.89. The second-order valence-corrected chi connectivity index (χ2v) is 6.89. The van der Waals surface area contributed by atoms with Crippen LogP contribution in [0.2, 0.25) is 0 Å². The minimum Gasteiger partial charge on any atom is -0.354 e. The number of nitrogens with one attached hydrogen (secondary N) is 3. The predicted molar refractivity (Wildman–Crippen MR) is 103 cm³/mol. The lowest BCUT2D eigenvalue weighted by molar-refractivity contribution is -0.130. The van der Waals surface area contributed by atoms with E-state index in [1.165, 1.54) is 11.1 Å². The van der Waals surface area contributed by atoms with Crippen molar-refractivity contribution in [2.24, 2.45) is 5.92 Å². The highest BCUT2D eigenvalue weighted by molar-refractivity contribution is 5.90. The normalized spacial score (nSPS) is 17.2. The Hall–Kier alpha value is -1.59. The fourth-order valence-corrected chi connectivity index (χ4v) is 2.99. The molecular weight excluding hydrogens is 338 g/mol. The van der Waals surface area contributed by atoms with Gasteiger partial charge in [-0.05, 0) is 36.3 Å². The summed E-state index contributed by atoms with van der Waals surface area (Å²) in [6.45, 7) is 7.45. The van der Waals surface area contributed by atoms with Crippen LogP contribution in [-0.4, -0.2) is 30.4 Å². The summed E-state index contributed by atoms with van der Waals surface area (Å²) in [6, 6.07) is 7.40. The molecule has 0 radical (unpaired) electrons. The highest BCUT2D eigenvalue weighted by Crippen LogP contribution is 2.16. The molecule has 1 aliphatic heterocycles. The van der Waals surface area contributed by atoms with Crippen molar-refractivity contribution in [1.29, 1.82) is 0 Å². The van der Waals surface area contributed by atoms with Crippen molar-refractivity contribution in [3.05, 3.63) is 35.4 Å². The van der Waals surface area contributed by atoms with Gasteiger partial charge in [-0.2, -0.15) is 0 Å². The van der Waals surface area contributed by atoms with Crippen LogP contribution in [0.1, 0.15) is 44.7 Å². The summed E-state index contributed by atoms with van der Waals surface area (Å²) in [7, 11) is 0. The SMILES string of the molecule is CCCNC(=O)[C@@H](CC(C)C)NC(=O)[C@@H]1Cc2ccccc2CN1.Cl. The van der Waals surface area contributed by atoms with Crippen molar-refractivity contribution in [3.8, 4) is 0 Å². The molecule has 0 fully saturated rings. The van der Waals surface area contributed by atoms with E-state index in [2.05, 4.69) is 41.9 Å². The van der Waals surface area contributed by atoms with E-state index in [4.69, 9.17) is 0 Å². The molecule has 1 aromatic rings. The first kappa shape index (κ1) is 21.5. The Kier molecular flexibility index (Phi) is 8.93. The Balaban J connectivity index is 0.00000312. The maximum atomic E-state index is 12.6. The molecule has 25 heavy (non-hydrogen) atoms. The zero-order valence-electron chi connectivity index (χ0n) is 15.3. The van der Waals surface area contributed by atoms with Gasteiger partial charge >= 0.3 is 0 Å². The van der Waals surface area contributed by atoms with E-state index in [1.807, 2.05) is 19.1 Å². The Morgan fingerprint density at radius 3 is 2.56 bits per heavy atom. The molecular formula is C19H30ClN3O2. The summed E-state index contributed by atoms with van der Waals surface area (Å²) in [5.74, 6) is 0.152. The molecule has 6 heteroatoms. The minimum absolute atomic E-state index is 0. The van der Waals surface area contributed by atoms with Crippen LogP contribution in [0.5, 0.6) is 0 Å². The van der Waals surface area contributed by atoms with Gasteiger partial charge in [0.2, 0.25) is 11.8 Å². The Morgan fingerprint density at radius 1 is 1.24 bits per heavy atom. The van der Waals surface area contributed by atoms with E-state index >= 15 is 0 Å². The van der Waals surface area contributed by atoms with Crippen molar-refractivity contribution in [2.45, 2.75) is 58.7 Å². The van der Waals surface area contributed by atoms with Crippen molar-refractivity contribution >= 4 is 24.2 Å². The molecule has 0 saturated heterocycles. The molecule has 1 aromatic carbocycles. The molecule has 0 aromatic heterocycles. The topological polar surface area (TPSA) is 70.2 Å². The number of carbonyl (C=O) groups is 2. The monoisotopic (exact) mass is 367 g/mol. The van der Waals surface area contributed by atoms with Gasteiger partial charge in [0.1, 0.15) is 6.04 Å². The molecule has 0 saturated carbocycles. The quantitative estimate of drug-likeness (QED) is 0.691. The van der Waals surface area contributed by atoms with Crippen LogP contribution < -0.4 is 16.0 Å². The van der Waals surface area contributed by atoms with E-state index in [0.29, 0.717) is 31.8 Å². The first-order valence-electron chi connectivity index (χ1n) is 8.89. The molecule has 2 rings (SSSR count). The van der Waals surface area contributed by atoms with Gasteiger partial charge in [0, 0.05) is 13.1 Å². The Labute approximate surface area is 156 Å². The molecule has 5 nitrogen and oxygen atoms in total. The highest BCUT2D eigenvalue weighted by Gasteiger charge is 2.28. The zero-order valence-corrected chi connectivity index (χ0v) is 16.1. The van der Waals surface area contributed by atoms with E-state index < -0.39 is 6.04 Å². The molecule has 140 valence electrons. The zero-order chi connectivity index (χ0) is 17.5. The van der Waals surface area contributed by atoms with E-state index in [0.717, 1.165) is 6.42 Å². The van der Waals surface area contributed by atoms with Gasteiger partial charge in [-0.1, -0.05) is 45.0 Å². The predicted octanol–water partition coefficient (Wildman–Crippen LogP) is 2.18. The third-order valence-electron chi connectivity index (χ3n) is 4.29. The summed E-state index contributed by atoms with van der Waals surface area (Å²) in [5.41, 5.74) is 2.44. The summed E-state index contributed by atoms with van der Waals surface area (Å²) in [4.78, 5) is 24.9. The average molecular weight is 368 g/mol. The third kappa shape index (κ3) is 6.33. The highest BCUT2D eigenvalue weighted by atomic mass is 35.5. The number of hydrogen-bond donors (Lipinski definition) is 3. The molecule has 3 N–H and O–H groups in total. The van der Waals surface area contributed by atoms with Gasteiger partial charge in [-0.15, -0.1) is 12.4 Å². The molecule has 0 bridgehead atoms. The molecule has 0 spiro atoms. The number of halogens is 1. The van der Waals surface area contributed by atoms with Gasteiger partial charge in [0.25, 0.3) is 0 Å². The van der Waals surface area contributed by atoms with Crippen LogP contribution in [0.15, 0.2) is 24.3 Å². The fraction of sp³-hybridized carbons (Fsp3) is 0.579. The van der Waals surface area contributed by atoms with Crippen LogP contribution in [0, 0.1) is 5.92 Å². The maximum absolute atomic E-state index is 12.6. The van der Waals surface area contributed by atoms with Gasteiger partial charge in [0.15, 0.2) is 0 Å². The summed E-state index contributed by atoms with van der Waals surface area (Å²) >= 11 is 0. The van der Waals surface area contributed by atoms with Crippen LogP contribution >= 0.6 is 12.4 Å². The van der Waals surface area contributed by atoms with E-state index in [1.54, 1.807) is 0 Å². The summed E-state index contributed by atoms with van der Waals surface area (Å²) in [5, 5.41) is 9.10.